The van der Waals surface area contributed by atoms with Crippen LogP contribution in [0.4, 0.5) is 0 Å². The highest BCUT2D eigenvalue weighted by atomic mass is 32.2. The number of aliphatic carboxylic acids is 1. The van der Waals surface area contributed by atoms with Gasteiger partial charge in [-0.05, 0) is 55.8 Å². The van der Waals surface area contributed by atoms with Crippen LogP contribution in [0, 0.1) is 0 Å². The minimum Gasteiger partial charge on any atom is -0.480 e. The van der Waals surface area contributed by atoms with Gasteiger partial charge in [0.25, 0.3) is 0 Å². The Balaban J connectivity index is 1.38. The number of aromatic nitrogens is 4. The number of amides is 1. The lowest BCUT2D eigenvalue weighted by Crippen LogP contribution is -2.56. The first-order valence-corrected chi connectivity index (χ1v) is 16.1. The van der Waals surface area contributed by atoms with Crippen molar-refractivity contribution in [2.45, 2.75) is 48.5 Å². The normalized spacial score (nSPS) is 17.2. The Morgan fingerprint density at radius 3 is 2.49 bits per heavy atom. The van der Waals surface area contributed by atoms with Gasteiger partial charge < -0.3 is 15.2 Å². The molecule has 4 heterocycles. The maximum absolute atomic E-state index is 13.6. The number of carboxylic acids is 1. The van der Waals surface area contributed by atoms with Crippen molar-refractivity contribution >= 4 is 50.8 Å². The number of methoxy groups -OCH3 is 1. The Hall–Kier alpha value is -4.54. The lowest BCUT2D eigenvalue weighted by Gasteiger charge is -2.30. The fourth-order valence-corrected chi connectivity index (χ4v) is 8.29. The number of imidazole rings is 1. The second-order valence-electron chi connectivity index (χ2n) is 10.8. The van der Waals surface area contributed by atoms with Crippen molar-refractivity contribution in [1.82, 2.24) is 28.7 Å². The van der Waals surface area contributed by atoms with E-state index in [-0.39, 0.29) is 23.7 Å². The fraction of sp³-hybridized carbons (Fsp3) is 0.310. The molecule has 1 saturated heterocycles. The summed E-state index contributed by atoms with van der Waals surface area (Å²) in [6.45, 7) is 3.15. The maximum Gasteiger partial charge on any atom is 0.335 e. The fourth-order valence-electron chi connectivity index (χ4n) is 5.15. The number of rotatable bonds is 10. The molecule has 4 aromatic rings. The van der Waals surface area contributed by atoms with Crippen molar-refractivity contribution in [3.05, 3.63) is 83.2 Å². The first-order valence-electron chi connectivity index (χ1n) is 13.7. The van der Waals surface area contributed by atoms with Crippen LogP contribution in [0.2, 0.25) is 0 Å². The summed E-state index contributed by atoms with van der Waals surface area (Å²) >= 11 is 1.27. The Morgan fingerprint density at radius 1 is 1.13 bits per heavy atom. The van der Waals surface area contributed by atoms with Gasteiger partial charge in [0.2, 0.25) is 15.9 Å². The Labute approximate surface area is 262 Å². The summed E-state index contributed by atoms with van der Waals surface area (Å²) < 4.78 is 34.3. The van der Waals surface area contributed by atoms with Crippen LogP contribution in [0.15, 0.2) is 76.8 Å². The molecule has 2 N–H and O–H groups in total. The number of thioether (sulfide) groups is 1. The monoisotopic (exact) mass is 654 g/mol. The van der Waals surface area contributed by atoms with E-state index in [1.165, 1.54) is 58.7 Å². The van der Waals surface area contributed by atoms with Crippen LogP contribution in [-0.2, 0) is 42.1 Å². The van der Waals surface area contributed by atoms with Gasteiger partial charge >= 0.3 is 17.6 Å². The van der Waals surface area contributed by atoms with Crippen molar-refractivity contribution in [2.24, 2.45) is 0 Å². The third-order valence-electron chi connectivity index (χ3n) is 7.45. The molecule has 0 bridgehead atoms. The quantitative estimate of drug-likeness (QED) is 0.236. The van der Waals surface area contributed by atoms with Gasteiger partial charge in [-0.1, -0.05) is 12.1 Å². The number of carboxylic acid groups (broad SMARTS) is 1. The molecule has 45 heavy (non-hydrogen) atoms. The van der Waals surface area contributed by atoms with Gasteiger partial charge in [0, 0.05) is 29.8 Å². The summed E-state index contributed by atoms with van der Waals surface area (Å²) in [5.41, 5.74) is 1.19. The van der Waals surface area contributed by atoms with E-state index in [9.17, 15) is 32.7 Å². The molecule has 14 nitrogen and oxygen atoms in total. The lowest BCUT2D eigenvalue weighted by atomic mass is 10.0. The van der Waals surface area contributed by atoms with E-state index >= 15 is 0 Å². The molecule has 1 aliphatic heterocycles. The number of carbonyl (C=O) groups excluding carboxylic acids is 2. The van der Waals surface area contributed by atoms with Crippen molar-refractivity contribution in [1.29, 1.82) is 0 Å². The van der Waals surface area contributed by atoms with E-state index in [4.69, 9.17) is 4.74 Å². The minimum absolute atomic E-state index is 0.00573. The third-order valence-corrected chi connectivity index (χ3v) is 10.8. The molecule has 236 valence electrons. The summed E-state index contributed by atoms with van der Waals surface area (Å²) in [4.78, 5) is 59.1. The van der Waals surface area contributed by atoms with E-state index in [0.717, 1.165) is 4.31 Å². The number of nitrogens with one attached hydrogen (secondary N) is 1. The summed E-state index contributed by atoms with van der Waals surface area (Å²) in [6, 6.07) is 10.0. The van der Waals surface area contributed by atoms with Crippen LogP contribution in [0.5, 0.6) is 0 Å². The number of pyridine rings is 2. The predicted molar refractivity (Wildman–Crippen MR) is 164 cm³/mol. The van der Waals surface area contributed by atoms with Gasteiger partial charge in [0.15, 0.2) is 5.65 Å². The SMILES string of the molecule is COC(=O)Cn1c(=O)n(-c2ccc(CC(NC(=O)C3N(S(=O)(=O)c4cccnc4)CSC3(C)C)C(=O)O)cc2)c2ncccc21. The number of carbonyl (C=O) groups is 3. The first kappa shape index (κ1) is 31.9. The molecule has 3 aromatic heterocycles. The topological polar surface area (TPSA) is 183 Å². The number of nitrogens with zero attached hydrogens (tertiary/aromatic N) is 5. The molecular formula is C29H30N6O8S2. The van der Waals surface area contributed by atoms with E-state index < -0.39 is 50.4 Å². The summed E-state index contributed by atoms with van der Waals surface area (Å²) in [5, 5.41) is 12.5. The summed E-state index contributed by atoms with van der Waals surface area (Å²) in [5.74, 6) is -2.64. The highest BCUT2D eigenvalue weighted by molar-refractivity contribution is 8.02. The van der Waals surface area contributed by atoms with Crippen LogP contribution < -0.4 is 11.0 Å². The highest BCUT2D eigenvalue weighted by Crippen LogP contribution is 2.42. The van der Waals surface area contributed by atoms with E-state index in [1.54, 1.807) is 50.2 Å². The second kappa shape index (κ2) is 12.5. The lowest BCUT2D eigenvalue weighted by molar-refractivity contribution is -0.142. The molecular weight excluding hydrogens is 624 g/mol. The minimum atomic E-state index is -4.09. The number of fused-ring (bicyclic) bond motifs is 1. The average Bonchev–Trinajstić information content (AvgIpc) is 3.50. The van der Waals surface area contributed by atoms with Crippen molar-refractivity contribution < 1.29 is 32.6 Å². The molecule has 1 fully saturated rings. The number of ether oxygens (including phenoxy) is 1. The van der Waals surface area contributed by atoms with Crippen LogP contribution >= 0.6 is 11.8 Å². The van der Waals surface area contributed by atoms with Crippen molar-refractivity contribution in [3.8, 4) is 5.69 Å². The van der Waals surface area contributed by atoms with Crippen LogP contribution in [-0.4, -0.2) is 84.6 Å². The Morgan fingerprint density at radius 2 is 1.84 bits per heavy atom. The molecule has 2 atom stereocenters. The highest BCUT2D eigenvalue weighted by Gasteiger charge is 2.51. The molecule has 0 saturated carbocycles. The third kappa shape index (κ3) is 6.21. The van der Waals surface area contributed by atoms with Gasteiger partial charge in [-0.15, -0.1) is 11.8 Å². The van der Waals surface area contributed by atoms with E-state index in [0.29, 0.717) is 22.4 Å². The van der Waals surface area contributed by atoms with E-state index in [2.05, 4.69) is 15.3 Å². The molecule has 16 heteroatoms. The largest absolute Gasteiger partial charge is 0.480 e. The second-order valence-corrected chi connectivity index (χ2v) is 14.2. The Bertz CT molecular complexity index is 1920. The van der Waals surface area contributed by atoms with Gasteiger partial charge in [-0.25, -0.2) is 27.6 Å². The zero-order valence-electron chi connectivity index (χ0n) is 24.5. The molecule has 0 radical (unpaired) electrons. The number of sulfonamides is 1. The first-order chi connectivity index (χ1) is 21.3. The average molecular weight is 655 g/mol. The van der Waals surface area contributed by atoms with Crippen LogP contribution in [0.25, 0.3) is 16.9 Å². The predicted octanol–water partition coefficient (Wildman–Crippen LogP) is 1.41. The van der Waals surface area contributed by atoms with Gasteiger partial charge in [-0.3, -0.25) is 19.1 Å². The Kier molecular flexibility index (Phi) is 8.82. The molecule has 1 aromatic carbocycles. The summed E-state index contributed by atoms with van der Waals surface area (Å²) in [7, 11) is -2.87. The zero-order chi connectivity index (χ0) is 32.5. The van der Waals surface area contributed by atoms with Gasteiger partial charge in [0.1, 0.15) is 23.5 Å². The smallest absolute Gasteiger partial charge is 0.335 e. The van der Waals surface area contributed by atoms with Crippen molar-refractivity contribution in [2.75, 3.05) is 13.0 Å². The zero-order valence-corrected chi connectivity index (χ0v) is 26.1. The molecule has 1 aliphatic rings. The van der Waals surface area contributed by atoms with Crippen LogP contribution in [0.1, 0.15) is 19.4 Å². The molecule has 1 amide bonds. The number of hydrogen-bond acceptors (Lipinski definition) is 10. The number of hydrogen-bond donors (Lipinski definition) is 2. The number of benzene rings is 1. The standard InChI is InChI=1S/C29H30N6O8S2/c1-29(2)24(34(17-44-29)45(41,42)20-6-4-12-30-15-20)26(37)32-21(27(38)39)14-18-8-10-19(11-9-18)35-25-22(7-5-13-31-25)33(28(35)40)16-23(36)43-3/h4-13,15,21,24H,14,16-17H2,1-3H3,(H,32,37)(H,38,39). The number of esters is 1. The van der Waals surface area contributed by atoms with Crippen molar-refractivity contribution in [3.63, 3.8) is 0 Å². The van der Waals surface area contributed by atoms with Gasteiger partial charge in [-0.2, -0.15) is 4.31 Å². The van der Waals surface area contributed by atoms with E-state index in [1.807, 2.05) is 0 Å². The molecule has 2 unspecified atom stereocenters. The summed E-state index contributed by atoms with van der Waals surface area (Å²) in [6.07, 6.45) is 4.04. The molecule has 0 spiro atoms. The van der Waals surface area contributed by atoms with Crippen LogP contribution in [0.3, 0.4) is 0 Å². The molecule has 0 aliphatic carbocycles. The van der Waals surface area contributed by atoms with Gasteiger partial charge in [0.05, 0.1) is 24.2 Å². The maximum atomic E-state index is 13.6. The molecule has 5 rings (SSSR count).